The summed E-state index contributed by atoms with van der Waals surface area (Å²) >= 11 is 0. The molecule has 1 aromatic rings. The first-order valence-electron chi connectivity index (χ1n) is 6.27. The lowest BCUT2D eigenvalue weighted by molar-refractivity contribution is 0.129. The van der Waals surface area contributed by atoms with Gasteiger partial charge in [0.25, 0.3) is 0 Å². The molecule has 1 heterocycles. The molecule has 1 unspecified atom stereocenters. The first kappa shape index (κ1) is 15.4. The SMILES string of the molecule is Cc1noc(CNC(=O)NCC(C)(C)CC(C)O)n1. The van der Waals surface area contributed by atoms with Gasteiger partial charge >= 0.3 is 6.03 Å². The summed E-state index contributed by atoms with van der Waals surface area (Å²) in [4.78, 5) is 15.6. The Labute approximate surface area is 112 Å². The van der Waals surface area contributed by atoms with Crippen LogP contribution in [0.15, 0.2) is 4.52 Å². The summed E-state index contributed by atoms with van der Waals surface area (Å²) < 4.78 is 4.88. The lowest BCUT2D eigenvalue weighted by atomic mass is 9.87. The fourth-order valence-electron chi connectivity index (χ4n) is 1.82. The molecule has 0 radical (unpaired) electrons. The standard InChI is InChI=1S/C12H22N4O3/c1-8(17)5-12(3,4)7-14-11(18)13-6-10-15-9(2)16-19-10/h8,17H,5-7H2,1-4H3,(H2,13,14,18). The summed E-state index contributed by atoms with van der Waals surface area (Å²) in [7, 11) is 0. The van der Waals surface area contributed by atoms with Gasteiger partial charge in [0.2, 0.25) is 5.89 Å². The molecule has 1 aromatic heterocycles. The summed E-state index contributed by atoms with van der Waals surface area (Å²) in [6.07, 6.45) is 0.233. The van der Waals surface area contributed by atoms with Crippen LogP contribution in [0.1, 0.15) is 38.9 Å². The average molecular weight is 270 g/mol. The highest BCUT2D eigenvalue weighted by molar-refractivity contribution is 5.73. The first-order chi connectivity index (χ1) is 8.78. The lowest BCUT2D eigenvalue weighted by Crippen LogP contribution is -2.41. The number of hydrogen-bond acceptors (Lipinski definition) is 5. The molecule has 7 heteroatoms. The topological polar surface area (TPSA) is 100 Å². The zero-order valence-corrected chi connectivity index (χ0v) is 11.9. The lowest BCUT2D eigenvalue weighted by Gasteiger charge is -2.26. The molecule has 0 aromatic carbocycles. The van der Waals surface area contributed by atoms with Gasteiger partial charge in [0.05, 0.1) is 12.6 Å². The van der Waals surface area contributed by atoms with Gasteiger partial charge in [0.15, 0.2) is 5.82 Å². The van der Waals surface area contributed by atoms with Gasteiger partial charge in [0.1, 0.15) is 0 Å². The Kier molecular flexibility index (Phi) is 5.29. The third kappa shape index (κ3) is 6.19. The molecule has 1 atom stereocenters. The molecule has 0 aliphatic carbocycles. The maximum Gasteiger partial charge on any atom is 0.315 e. The predicted octanol–water partition coefficient (Wildman–Crippen LogP) is 0.974. The number of rotatable bonds is 6. The van der Waals surface area contributed by atoms with Crippen molar-refractivity contribution in [3.63, 3.8) is 0 Å². The van der Waals surface area contributed by atoms with Gasteiger partial charge in [-0.1, -0.05) is 19.0 Å². The van der Waals surface area contributed by atoms with Crippen LogP contribution in [-0.4, -0.2) is 33.9 Å². The van der Waals surface area contributed by atoms with Crippen molar-refractivity contribution in [3.05, 3.63) is 11.7 Å². The summed E-state index contributed by atoms with van der Waals surface area (Å²) in [6, 6.07) is -0.297. The second-order valence-electron chi connectivity index (χ2n) is 5.49. The van der Waals surface area contributed by atoms with Crippen LogP contribution in [-0.2, 0) is 6.54 Å². The normalized spacial score (nSPS) is 13.1. The number of hydrogen-bond donors (Lipinski definition) is 3. The Morgan fingerprint density at radius 1 is 1.47 bits per heavy atom. The van der Waals surface area contributed by atoms with Crippen molar-refractivity contribution in [1.82, 2.24) is 20.8 Å². The number of carbonyl (C=O) groups is 1. The zero-order valence-electron chi connectivity index (χ0n) is 11.9. The van der Waals surface area contributed by atoms with E-state index in [2.05, 4.69) is 20.8 Å². The average Bonchev–Trinajstić information content (AvgIpc) is 2.68. The first-order valence-corrected chi connectivity index (χ1v) is 6.27. The van der Waals surface area contributed by atoms with Crippen LogP contribution >= 0.6 is 0 Å². The number of nitrogens with one attached hydrogen (secondary N) is 2. The third-order valence-corrected chi connectivity index (χ3v) is 2.55. The monoisotopic (exact) mass is 270 g/mol. The van der Waals surface area contributed by atoms with E-state index in [1.807, 2.05) is 13.8 Å². The maximum atomic E-state index is 11.6. The van der Waals surface area contributed by atoms with Gasteiger partial charge in [0, 0.05) is 6.54 Å². The van der Waals surface area contributed by atoms with Crippen molar-refractivity contribution in [2.75, 3.05) is 6.54 Å². The number of aromatic nitrogens is 2. The third-order valence-electron chi connectivity index (χ3n) is 2.55. The van der Waals surface area contributed by atoms with Crippen LogP contribution in [0.3, 0.4) is 0 Å². The zero-order chi connectivity index (χ0) is 14.5. The van der Waals surface area contributed by atoms with Gasteiger partial charge < -0.3 is 20.3 Å². The smallest absolute Gasteiger partial charge is 0.315 e. The predicted molar refractivity (Wildman–Crippen MR) is 69.4 cm³/mol. The molecule has 0 spiro atoms. The summed E-state index contributed by atoms with van der Waals surface area (Å²) in [5.41, 5.74) is -0.160. The van der Waals surface area contributed by atoms with Crippen molar-refractivity contribution in [3.8, 4) is 0 Å². The minimum absolute atomic E-state index is 0.160. The van der Waals surface area contributed by atoms with Crippen LogP contribution < -0.4 is 10.6 Å². The van der Waals surface area contributed by atoms with Crippen molar-refractivity contribution in [2.24, 2.45) is 5.41 Å². The van der Waals surface area contributed by atoms with E-state index in [9.17, 15) is 9.90 Å². The van der Waals surface area contributed by atoms with Crippen LogP contribution in [0.4, 0.5) is 4.79 Å². The fourth-order valence-corrected chi connectivity index (χ4v) is 1.82. The highest BCUT2D eigenvalue weighted by Crippen LogP contribution is 2.20. The number of aryl methyl sites for hydroxylation is 1. The highest BCUT2D eigenvalue weighted by atomic mass is 16.5. The molecular formula is C12H22N4O3. The van der Waals surface area contributed by atoms with Gasteiger partial charge in [-0.25, -0.2) is 4.79 Å². The van der Waals surface area contributed by atoms with E-state index in [0.717, 1.165) is 0 Å². The second kappa shape index (κ2) is 6.51. The number of nitrogens with zero attached hydrogens (tertiary/aromatic N) is 2. The molecule has 108 valence electrons. The van der Waals surface area contributed by atoms with Gasteiger partial charge in [-0.05, 0) is 25.7 Å². The molecule has 0 saturated carbocycles. The van der Waals surface area contributed by atoms with Crippen LogP contribution in [0.5, 0.6) is 0 Å². The van der Waals surface area contributed by atoms with Crippen molar-refractivity contribution in [1.29, 1.82) is 0 Å². The molecule has 1 rings (SSSR count). The molecule has 7 nitrogen and oxygen atoms in total. The number of aliphatic hydroxyl groups is 1. The Bertz CT molecular complexity index is 415. The summed E-state index contributed by atoms with van der Waals surface area (Å²) in [6.45, 7) is 8.10. The summed E-state index contributed by atoms with van der Waals surface area (Å²) in [5.74, 6) is 0.908. The highest BCUT2D eigenvalue weighted by Gasteiger charge is 2.21. The quantitative estimate of drug-likeness (QED) is 0.715. The minimum atomic E-state index is -0.388. The number of aliphatic hydroxyl groups excluding tert-OH is 1. The Morgan fingerprint density at radius 3 is 2.68 bits per heavy atom. The molecule has 0 aliphatic rings. The molecular weight excluding hydrogens is 248 g/mol. The van der Waals surface area contributed by atoms with E-state index in [-0.39, 0.29) is 24.1 Å². The van der Waals surface area contributed by atoms with Crippen LogP contribution in [0.25, 0.3) is 0 Å². The maximum absolute atomic E-state index is 11.6. The molecule has 3 N–H and O–H groups in total. The van der Waals surface area contributed by atoms with E-state index < -0.39 is 0 Å². The molecule has 2 amide bonds. The van der Waals surface area contributed by atoms with Crippen LogP contribution in [0, 0.1) is 12.3 Å². The van der Waals surface area contributed by atoms with E-state index in [1.54, 1.807) is 13.8 Å². The van der Waals surface area contributed by atoms with Gasteiger partial charge in [-0.15, -0.1) is 0 Å². The van der Waals surface area contributed by atoms with E-state index in [1.165, 1.54) is 0 Å². The Morgan fingerprint density at radius 2 is 2.16 bits per heavy atom. The summed E-state index contributed by atoms with van der Waals surface area (Å²) in [5, 5.41) is 18.4. The molecule has 0 bridgehead atoms. The van der Waals surface area contributed by atoms with E-state index in [4.69, 9.17) is 4.52 Å². The van der Waals surface area contributed by atoms with E-state index >= 15 is 0 Å². The Hall–Kier alpha value is -1.63. The number of amides is 2. The fraction of sp³-hybridized carbons (Fsp3) is 0.750. The van der Waals surface area contributed by atoms with Crippen molar-refractivity contribution >= 4 is 6.03 Å². The van der Waals surface area contributed by atoms with Crippen molar-refractivity contribution in [2.45, 2.75) is 46.8 Å². The van der Waals surface area contributed by atoms with Crippen LogP contribution in [0.2, 0.25) is 0 Å². The number of carbonyl (C=O) groups excluding carboxylic acids is 1. The largest absolute Gasteiger partial charge is 0.393 e. The molecule has 0 aliphatic heterocycles. The Balaban J connectivity index is 2.28. The van der Waals surface area contributed by atoms with Gasteiger partial charge in [-0.3, -0.25) is 0 Å². The molecule has 0 saturated heterocycles. The number of urea groups is 1. The second-order valence-corrected chi connectivity index (χ2v) is 5.49. The van der Waals surface area contributed by atoms with Crippen molar-refractivity contribution < 1.29 is 14.4 Å². The van der Waals surface area contributed by atoms with E-state index in [0.29, 0.717) is 24.7 Å². The van der Waals surface area contributed by atoms with Gasteiger partial charge in [-0.2, -0.15) is 4.98 Å². The minimum Gasteiger partial charge on any atom is -0.393 e. The molecule has 19 heavy (non-hydrogen) atoms. The molecule has 0 fully saturated rings.